The van der Waals surface area contributed by atoms with Crippen molar-refractivity contribution in [1.29, 1.82) is 0 Å². The Hall–Kier alpha value is -0.830. The molecule has 1 heterocycles. The largest absolute Gasteiger partial charge is 0.381 e. The van der Waals surface area contributed by atoms with Gasteiger partial charge in [-0.1, -0.05) is 19.0 Å². The van der Waals surface area contributed by atoms with Crippen LogP contribution in [0.25, 0.3) is 0 Å². The molecule has 1 aromatic rings. The summed E-state index contributed by atoms with van der Waals surface area (Å²) in [4.78, 5) is 0. The van der Waals surface area contributed by atoms with E-state index >= 15 is 0 Å². The van der Waals surface area contributed by atoms with E-state index in [9.17, 15) is 0 Å². The highest BCUT2D eigenvalue weighted by Gasteiger charge is 1.77. The first kappa shape index (κ1) is 11.2. The molecular weight excluding hydrogens is 154 g/mol. The molecule has 0 unspecified atom stereocenters. The molecule has 0 aliphatic carbocycles. The number of rotatable bonds is 4. The lowest BCUT2D eigenvalue weighted by Gasteiger charge is -1.95. The van der Waals surface area contributed by atoms with Crippen LogP contribution in [0.1, 0.15) is 26.7 Å². The van der Waals surface area contributed by atoms with Crippen LogP contribution in [-0.2, 0) is 4.74 Å². The average Bonchev–Trinajstić information content (AvgIpc) is 2.62. The lowest BCUT2D eigenvalue weighted by molar-refractivity contribution is 0.135. The predicted octanol–water partition coefficient (Wildman–Crippen LogP) is 2.50. The Balaban J connectivity index is 0.000000211. The van der Waals surface area contributed by atoms with E-state index < -0.39 is 0 Å². The summed E-state index contributed by atoms with van der Waals surface area (Å²) in [6, 6.07) is 1.72. The van der Waals surface area contributed by atoms with E-state index in [1.54, 1.807) is 12.3 Å². The zero-order valence-corrected chi connectivity index (χ0v) is 7.82. The van der Waals surface area contributed by atoms with Crippen LogP contribution in [-0.4, -0.2) is 18.4 Å². The van der Waals surface area contributed by atoms with Crippen molar-refractivity contribution in [2.75, 3.05) is 13.2 Å². The van der Waals surface area contributed by atoms with Gasteiger partial charge in [-0.25, -0.2) is 0 Å². The highest BCUT2D eigenvalue weighted by atomic mass is 16.5. The van der Waals surface area contributed by atoms with Gasteiger partial charge >= 0.3 is 0 Å². The van der Waals surface area contributed by atoms with Gasteiger partial charge in [0.15, 0.2) is 0 Å². The fraction of sp³-hybridized carbons (Fsp3) is 0.667. The van der Waals surface area contributed by atoms with E-state index in [1.807, 2.05) is 0 Å². The van der Waals surface area contributed by atoms with Gasteiger partial charge in [-0.3, -0.25) is 0 Å². The Labute approximate surface area is 73.7 Å². The van der Waals surface area contributed by atoms with Crippen molar-refractivity contribution in [1.82, 2.24) is 5.16 Å². The number of hydrogen-bond donors (Lipinski definition) is 0. The minimum atomic E-state index is 0.924. The lowest BCUT2D eigenvalue weighted by Crippen LogP contribution is -1.92. The molecule has 1 rings (SSSR count). The van der Waals surface area contributed by atoms with Crippen molar-refractivity contribution in [3.05, 3.63) is 18.5 Å². The van der Waals surface area contributed by atoms with Crippen LogP contribution in [0.2, 0.25) is 0 Å². The number of hydrogen-bond acceptors (Lipinski definition) is 3. The SMILES string of the molecule is CCCOCCC.c1cnoc1. The topological polar surface area (TPSA) is 35.3 Å². The second kappa shape index (κ2) is 10.2. The summed E-state index contributed by atoms with van der Waals surface area (Å²) >= 11 is 0. The van der Waals surface area contributed by atoms with Gasteiger partial charge in [-0.2, -0.15) is 0 Å². The van der Waals surface area contributed by atoms with Crippen LogP contribution < -0.4 is 0 Å². The molecule has 12 heavy (non-hydrogen) atoms. The van der Waals surface area contributed by atoms with Crippen LogP contribution in [0, 0.1) is 0 Å². The zero-order chi connectivity index (χ0) is 9.07. The molecule has 70 valence electrons. The molecule has 0 radical (unpaired) electrons. The van der Waals surface area contributed by atoms with Crippen molar-refractivity contribution in [3.8, 4) is 0 Å². The maximum Gasteiger partial charge on any atom is 0.123 e. The maximum atomic E-state index is 5.13. The van der Waals surface area contributed by atoms with E-state index in [4.69, 9.17) is 4.74 Å². The van der Waals surface area contributed by atoms with Crippen LogP contribution in [0.3, 0.4) is 0 Å². The third kappa shape index (κ3) is 9.17. The van der Waals surface area contributed by atoms with Crippen molar-refractivity contribution < 1.29 is 9.26 Å². The third-order valence-corrected chi connectivity index (χ3v) is 1.04. The first-order valence-corrected chi connectivity index (χ1v) is 4.33. The molecule has 0 saturated heterocycles. The quantitative estimate of drug-likeness (QED) is 0.653. The van der Waals surface area contributed by atoms with Gasteiger partial charge in [0.2, 0.25) is 0 Å². The van der Waals surface area contributed by atoms with Gasteiger partial charge < -0.3 is 9.26 Å². The fourth-order valence-corrected chi connectivity index (χ4v) is 0.566. The Morgan fingerprint density at radius 1 is 1.25 bits per heavy atom. The second-order valence-corrected chi connectivity index (χ2v) is 2.30. The monoisotopic (exact) mass is 171 g/mol. The number of nitrogens with zero attached hydrogens (tertiary/aromatic N) is 1. The number of ether oxygens (including phenoxy) is 1. The summed E-state index contributed by atoms with van der Waals surface area (Å²) < 4.78 is 9.47. The van der Waals surface area contributed by atoms with Gasteiger partial charge in [-0.05, 0) is 18.9 Å². The molecule has 0 bridgehead atoms. The van der Waals surface area contributed by atoms with Crippen molar-refractivity contribution in [2.45, 2.75) is 26.7 Å². The van der Waals surface area contributed by atoms with Gasteiger partial charge in [0, 0.05) is 13.2 Å². The van der Waals surface area contributed by atoms with Crippen molar-refractivity contribution in [2.24, 2.45) is 0 Å². The summed E-state index contributed by atoms with van der Waals surface area (Å²) in [6.07, 6.45) is 5.38. The van der Waals surface area contributed by atoms with Crippen molar-refractivity contribution >= 4 is 0 Å². The van der Waals surface area contributed by atoms with Crippen LogP contribution in [0.5, 0.6) is 0 Å². The molecule has 1 aromatic heterocycles. The Bertz CT molecular complexity index is 119. The fourth-order valence-electron chi connectivity index (χ4n) is 0.566. The Morgan fingerprint density at radius 3 is 2.17 bits per heavy atom. The molecule has 0 spiro atoms. The van der Waals surface area contributed by atoms with Gasteiger partial charge in [0.1, 0.15) is 6.26 Å². The molecule has 3 heteroatoms. The Morgan fingerprint density at radius 2 is 1.92 bits per heavy atom. The van der Waals surface area contributed by atoms with E-state index in [-0.39, 0.29) is 0 Å². The summed E-state index contributed by atoms with van der Waals surface area (Å²) in [7, 11) is 0. The van der Waals surface area contributed by atoms with E-state index in [1.165, 1.54) is 6.26 Å². The highest BCUT2D eigenvalue weighted by Crippen LogP contribution is 1.81. The molecular formula is C9H17NO2. The van der Waals surface area contributed by atoms with Crippen LogP contribution in [0.4, 0.5) is 0 Å². The first-order chi connectivity index (χ1) is 5.91. The van der Waals surface area contributed by atoms with Gasteiger partial charge in [0.25, 0.3) is 0 Å². The molecule has 0 atom stereocenters. The Kier molecular flexibility index (Phi) is 9.47. The standard InChI is InChI=1S/C6H14O.C3H3NO/c1-3-5-7-6-4-2;1-2-4-5-3-1/h3-6H2,1-2H3;1-3H. The second-order valence-electron chi connectivity index (χ2n) is 2.30. The third-order valence-electron chi connectivity index (χ3n) is 1.04. The smallest absolute Gasteiger partial charge is 0.123 e. The molecule has 0 aliphatic rings. The summed E-state index contributed by atoms with van der Waals surface area (Å²) in [5, 5.41) is 3.35. The lowest BCUT2D eigenvalue weighted by atomic mass is 10.5. The molecule has 0 aliphatic heterocycles. The van der Waals surface area contributed by atoms with Gasteiger partial charge in [0.05, 0.1) is 6.20 Å². The highest BCUT2D eigenvalue weighted by molar-refractivity contribution is 4.67. The van der Waals surface area contributed by atoms with Gasteiger partial charge in [-0.15, -0.1) is 0 Å². The molecule has 0 N–H and O–H groups in total. The normalized spacial score (nSPS) is 8.83. The first-order valence-electron chi connectivity index (χ1n) is 4.33. The maximum absolute atomic E-state index is 5.13. The van der Waals surface area contributed by atoms with E-state index in [2.05, 4.69) is 23.5 Å². The molecule has 0 aromatic carbocycles. The molecule has 0 fully saturated rings. The van der Waals surface area contributed by atoms with Crippen LogP contribution in [0.15, 0.2) is 23.0 Å². The predicted molar refractivity (Wildman–Crippen MR) is 47.9 cm³/mol. The molecule has 3 nitrogen and oxygen atoms in total. The van der Waals surface area contributed by atoms with Crippen molar-refractivity contribution in [3.63, 3.8) is 0 Å². The summed E-state index contributed by atoms with van der Waals surface area (Å²) in [6.45, 7) is 6.09. The summed E-state index contributed by atoms with van der Waals surface area (Å²) in [5.41, 5.74) is 0. The zero-order valence-electron chi connectivity index (χ0n) is 7.82. The minimum Gasteiger partial charge on any atom is -0.381 e. The number of aromatic nitrogens is 1. The van der Waals surface area contributed by atoms with E-state index in [0.29, 0.717) is 0 Å². The molecule has 0 amide bonds. The van der Waals surface area contributed by atoms with Crippen LogP contribution >= 0.6 is 0 Å². The average molecular weight is 171 g/mol. The van der Waals surface area contributed by atoms with E-state index in [0.717, 1.165) is 26.1 Å². The molecule has 0 saturated carbocycles. The summed E-state index contributed by atoms with van der Waals surface area (Å²) in [5.74, 6) is 0. The minimum absolute atomic E-state index is 0.924.